The minimum atomic E-state index is -1.63. The molecule has 2 aromatic rings. The highest BCUT2D eigenvalue weighted by molar-refractivity contribution is 5.99. The number of halogens is 3. The predicted octanol–water partition coefficient (Wildman–Crippen LogP) is 4.03. The van der Waals surface area contributed by atoms with Crippen LogP contribution in [0.1, 0.15) is 19.4 Å². The first kappa shape index (κ1) is 16.9. The molecule has 0 fully saturated rings. The third kappa shape index (κ3) is 3.16. The molecule has 0 saturated carbocycles. The van der Waals surface area contributed by atoms with Gasteiger partial charge in [0.05, 0.1) is 18.2 Å². The minimum Gasteiger partial charge on any atom is -0.496 e. The van der Waals surface area contributed by atoms with E-state index in [4.69, 9.17) is 4.74 Å². The van der Waals surface area contributed by atoms with Crippen molar-refractivity contribution in [1.29, 1.82) is 0 Å². The minimum absolute atomic E-state index is 0.420. The number of benzene rings is 2. The summed E-state index contributed by atoms with van der Waals surface area (Å²) in [6, 6.07) is 8.63. The summed E-state index contributed by atoms with van der Waals surface area (Å²) in [6.45, 7) is 3.25. The Morgan fingerprint density at radius 1 is 1.04 bits per heavy atom. The highest BCUT2D eigenvalue weighted by atomic mass is 19.2. The van der Waals surface area contributed by atoms with E-state index in [0.717, 1.165) is 12.1 Å². The summed E-state index contributed by atoms with van der Waals surface area (Å²) in [7, 11) is 1.47. The second-order valence-corrected chi connectivity index (χ2v) is 5.50. The van der Waals surface area contributed by atoms with Gasteiger partial charge < -0.3 is 10.1 Å². The van der Waals surface area contributed by atoms with E-state index in [1.807, 2.05) is 0 Å². The molecular formula is C17H16F3NO2. The number of hydrogen-bond donors (Lipinski definition) is 1. The number of rotatable bonds is 4. The first-order valence-electron chi connectivity index (χ1n) is 6.87. The van der Waals surface area contributed by atoms with Gasteiger partial charge in [0.1, 0.15) is 5.75 Å². The topological polar surface area (TPSA) is 38.3 Å². The Hall–Kier alpha value is -2.50. The highest BCUT2D eigenvalue weighted by Gasteiger charge is 2.33. The number of methoxy groups -OCH3 is 1. The highest BCUT2D eigenvalue weighted by Crippen LogP contribution is 2.33. The van der Waals surface area contributed by atoms with E-state index >= 15 is 0 Å². The van der Waals surface area contributed by atoms with Crippen LogP contribution in [0.3, 0.4) is 0 Å². The molecule has 23 heavy (non-hydrogen) atoms. The summed E-state index contributed by atoms with van der Waals surface area (Å²) in [5.74, 6) is -4.46. The Morgan fingerprint density at radius 2 is 1.70 bits per heavy atom. The SMILES string of the molecule is COc1ccccc1C(C)(C)C(=O)Nc1ccc(F)c(F)c1F. The summed E-state index contributed by atoms with van der Waals surface area (Å²) in [5, 5.41) is 2.29. The summed E-state index contributed by atoms with van der Waals surface area (Å²) in [6.07, 6.45) is 0. The van der Waals surface area contributed by atoms with Gasteiger partial charge in [-0.15, -0.1) is 0 Å². The van der Waals surface area contributed by atoms with Gasteiger partial charge in [0.15, 0.2) is 17.5 Å². The van der Waals surface area contributed by atoms with Crippen molar-refractivity contribution >= 4 is 11.6 Å². The Balaban J connectivity index is 2.34. The molecule has 6 heteroatoms. The maximum Gasteiger partial charge on any atom is 0.234 e. The van der Waals surface area contributed by atoms with E-state index in [1.54, 1.807) is 38.1 Å². The molecule has 1 N–H and O–H groups in total. The molecule has 0 bridgehead atoms. The third-order valence-electron chi connectivity index (χ3n) is 3.63. The van der Waals surface area contributed by atoms with Crippen molar-refractivity contribution in [3.05, 3.63) is 59.4 Å². The van der Waals surface area contributed by atoms with E-state index in [1.165, 1.54) is 7.11 Å². The van der Waals surface area contributed by atoms with Crippen molar-refractivity contribution in [3.8, 4) is 5.75 Å². The molecule has 0 aliphatic heterocycles. The number of carbonyl (C=O) groups excluding carboxylic acids is 1. The molecule has 0 heterocycles. The predicted molar refractivity (Wildman–Crippen MR) is 81.0 cm³/mol. The second kappa shape index (κ2) is 6.32. The van der Waals surface area contributed by atoms with Crippen LogP contribution < -0.4 is 10.1 Å². The van der Waals surface area contributed by atoms with Gasteiger partial charge >= 0.3 is 0 Å². The first-order valence-corrected chi connectivity index (χ1v) is 6.87. The fourth-order valence-electron chi connectivity index (χ4n) is 2.18. The molecule has 2 aromatic carbocycles. The molecular weight excluding hydrogens is 307 g/mol. The molecule has 1 amide bonds. The van der Waals surface area contributed by atoms with Gasteiger partial charge in [0.2, 0.25) is 5.91 Å². The largest absolute Gasteiger partial charge is 0.496 e. The first-order chi connectivity index (χ1) is 10.8. The zero-order valence-corrected chi connectivity index (χ0v) is 12.9. The normalized spacial score (nSPS) is 11.2. The Bertz CT molecular complexity index is 745. The molecule has 0 spiro atoms. The lowest BCUT2D eigenvalue weighted by Gasteiger charge is -2.26. The van der Waals surface area contributed by atoms with Gasteiger partial charge in [-0.3, -0.25) is 4.79 Å². The van der Waals surface area contributed by atoms with Crippen LogP contribution in [0, 0.1) is 17.5 Å². The number of hydrogen-bond acceptors (Lipinski definition) is 2. The van der Waals surface area contributed by atoms with Gasteiger partial charge in [0.25, 0.3) is 0 Å². The van der Waals surface area contributed by atoms with Crippen molar-refractivity contribution in [2.45, 2.75) is 19.3 Å². The van der Waals surface area contributed by atoms with Crippen molar-refractivity contribution in [2.24, 2.45) is 0 Å². The van der Waals surface area contributed by atoms with Crippen LogP contribution in [0.15, 0.2) is 36.4 Å². The summed E-state index contributed by atoms with van der Waals surface area (Å²) in [4.78, 5) is 12.5. The lowest BCUT2D eigenvalue weighted by molar-refractivity contribution is -0.120. The van der Waals surface area contributed by atoms with Crippen molar-refractivity contribution in [1.82, 2.24) is 0 Å². The van der Waals surface area contributed by atoms with Crippen LogP contribution in [0.2, 0.25) is 0 Å². The van der Waals surface area contributed by atoms with Crippen molar-refractivity contribution < 1.29 is 22.7 Å². The number of ether oxygens (including phenoxy) is 1. The zero-order chi connectivity index (χ0) is 17.2. The van der Waals surface area contributed by atoms with Gasteiger partial charge in [-0.2, -0.15) is 0 Å². The number of anilines is 1. The fraction of sp³-hybridized carbons (Fsp3) is 0.235. The fourth-order valence-corrected chi connectivity index (χ4v) is 2.18. The molecule has 0 atom stereocenters. The number of para-hydroxylation sites is 1. The molecule has 2 rings (SSSR count). The van der Waals surface area contributed by atoms with E-state index in [2.05, 4.69) is 5.32 Å². The smallest absolute Gasteiger partial charge is 0.234 e. The second-order valence-electron chi connectivity index (χ2n) is 5.50. The van der Waals surface area contributed by atoms with Crippen LogP contribution in [-0.2, 0) is 10.2 Å². The molecule has 0 unspecified atom stereocenters. The van der Waals surface area contributed by atoms with Gasteiger partial charge in [0, 0.05) is 5.56 Å². The average Bonchev–Trinajstić information content (AvgIpc) is 2.55. The summed E-state index contributed by atoms with van der Waals surface area (Å²) >= 11 is 0. The third-order valence-corrected chi connectivity index (χ3v) is 3.63. The van der Waals surface area contributed by atoms with E-state index < -0.39 is 34.5 Å². The van der Waals surface area contributed by atoms with Gasteiger partial charge in [-0.05, 0) is 32.0 Å². The lowest BCUT2D eigenvalue weighted by atomic mass is 9.83. The number of carbonyl (C=O) groups is 1. The molecule has 0 aliphatic carbocycles. The Morgan fingerprint density at radius 3 is 2.35 bits per heavy atom. The van der Waals surface area contributed by atoms with Crippen LogP contribution in [0.5, 0.6) is 5.75 Å². The van der Waals surface area contributed by atoms with E-state index in [0.29, 0.717) is 11.3 Å². The van der Waals surface area contributed by atoms with Gasteiger partial charge in [-0.1, -0.05) is 18.2 Å². The summed E-state index contributed by atoms with van der Waals surface area (Å²) < 4.78 is 45.1. The molecule has 0 radical (unpaired) electrons. The van der Waals surface area contributed by atoms with Crippen LogP contribution in [0.25, 0.3) is 0 Å². The Labute approximate surface area is 132 Å². The number of amides is 1. The van der Waals surface area contributed by atoms with Crippen molar-refractivity contribution in [3.63, 3.8) is 0 Å². The maximum atomic E-state index is 13.7. The quantitative estimate of drug-likeness (QED) is 0.863. The molecule has 0 aliphatic rings. The zero-order valence-electron chi connectivity index (χ0n) is 12.9. The maximum absolute atomic E-state index is 13.7. The lowest BCUT2D eigenvalue weighted by Crippen LogP contribution is -2.35. The summed E-state index contributed by atoms with van der Waals surface area (Å²) in [5.41, 5.74) is -0.913. The van der Waals surface area contributed by atoms with E-state index in [-0.39, 0.29) is 0 Å². The standard InChI is InChI=1S/C17H16F3NO2/c1-17(2,10-6-4-5-7-13(10)23-3)16(22)21-12-9-8-11(18)14(19)15(12)20/h4-9H,1-3H3,(H,21,22). The number of nitrogens with one attached hydrogen (secondary N) is 1. The molecule has 3 nitrogen and oxygen atoms in total. The van der Waals surface area contributed by atoms with Crippen LogP contribution in [0.4, 0.5) is 18.9 Å². The van der Waals surface area contributed by atoms with Gasteiger partial charge in [-0.25, -0.2) is 13.2 Å². The molecule has 0 saturated heterocycles. The van der Waals surface area contributed by atoms with Crippen LogP contribution >= 0.6 is 0 Å². The molecule has 0 aromatic heterocycles. The monoisotopic (exact) mass is 323 g/mol. The van der Waals surface area contributed by atoms with E-state index in [9.17, 15) is 18.0 Å². The average molecular weight is 323 g/mol. The Kier molecular flexibility index (Phi) is 4.63. The van der Waals surface area contributed by atoms with Crippen LogP contribution in [-0.4, -0.2) is 13.0 Å². The molecule has 122 valence electrons. The van der Waals surface area contributed by atoms with Crippen molar-refractivity contribution in [2.75, 3.05) is 12.4 Å².